The molecule has 1 aliphatic heterocycles. The Labute approximate surface area is 166 Å². The van der Waals surface area contributed by atoms with E-state index in [-0.39, 0.29) is 23.7 Å². The number of rotatable bonds is 6. The first kappa shape index (κ1) is 20.0. The Balaban J connectivity index is 1.55. The number of phenolic OH excluding ortho intramolecular Hbond substituents is 1. The number of nitrogens with one attached hydrogen (secondary N) is 3. The van der Waals surface area contributed by atoms with Gasteiger partial charge in [-0.3, -0.25) is 4.79 Å². The molecule has 0 bridgehead atoms. The molecule has 148 valence electrons. The lowest BCUT2D eigenvalue weighted by molar-refractivity contribution is -0.122. The first-order chi connectivity index (χ1) is 13.4. The van der Waals surface area contributed by atoms with Crippen LogP contribution in [0.5, 0.6) is 5.75 Å². The Morgan fingerprint density at radius 2 is 1.82 bits per heavy atom. The van der Waals surface area contributed by atoms with Crippen molar-refractivity contribution in [2.75, 3.05) is 0 Å². The van der Waals surface area contributed by atoms with Crippen LogP contribution in [-0.4, -0.2) is 22.8 Å². The van der Waals surface area contributed by atoms with Crippen LogP contribution < -0.4 is 16.3 Å². The summed E-state index contributed by atoms with van der Waals surface area (Å²) in [7, 11) is 0. The van der Waals surface area contributed by atoms with Gasteiger partial charge in [-0.1, -0.05) is 38.1 Å². The van der Waals surface area contributed by atoms with Gasteiger partial charge >= 0.3 is 0 Å². The van der Waals surface area contributed by atoms with E-state index >= 15 is 0 Å². The fourth-order valence-electron chi connectivity index (χ4n) is 3.29. The molecule has 2 atom stereocenters. The van der Waals surface area contributed by atoms with Crippen molar-refractivity contribution >= 4 is 11.6 Å². The Bertz CT molecular complexity index is 829. The van der Waals surface area contributed by atoms with Gasteiger partial charge in [0, 0.05) is 6.04 Å². The minimum atomic E-state index is -0.350. The van der Waals surface area contributed by atoms with E-state index in [9.17, 15) is 9.90 Å². The first-order valence-electron chi connectivity index (χ1n) is 9.66. The van der Waals surface area contributed by atoms with E-state index in [0.717, 1.165) is 12.0 Å². The van der Waals surface area contributed by atoms with Crippen LogP contribution in [0.2, 0.25) is 0 Å². The highest BCUT2D eigenvalue weighted by molar-refractivity contribution is 5.99. The highest BCUT2D eigenvalue weighted by Gasteiger charge is 2.30. The van der Waals surface area contributed by atoms with Gasteiger partial charge in [0.15, 0.2) is 0 Å². The van der Waals surface area contributed by atoms with E-state index in [1.165, 1.54) is 11.1 Å². The minimum absolute atomic E-state index is 0.0889. The van der Waals surface area contributed by atoms with Crippen molar-refractivity contribution in [2.24, 2.45) is 11.0 Å². The van der Waals surface area contributed by atoms with Gasteiger partial charge in [0.25, 0.3) is 5.91 Å². The first-order valence-corrected chi connectivity index (χ1v) is 9.66. The quantitative estimate of drug-likeness (QED) is 0.458. The van der Waals surface area contributed by atoms with Gasteiger partial charge in [0.1, 0.15) is 11.8 Å². The summed E-state index contributed by atoms with van der Waals surface area (Å²) < 4.78 is 0. The highest BCUT2D eigenvalue weighted by Crippen LogP contribution is 2.23. The molecule has 2 unspecified atom stereocenters. The third-order valence-corrected chi connectivity index (χ3v) is 4.86. The summed E-state index contributed by atoms with van der Waals surface area (Å²) in [5.74, 6) is 0.658. The molecule has 1 fully saturated rings. The zero-order chi connectivity index (χ0) is 20.1. The normalized spacial score (nSPS) is 19.8. The number of benzene rings is 2. The van der Waals surface area contributed by atoms with E-state index in [2.05, 4.69) is 59.5 Å². The van der Waals surface area contributed by atoms with Crippen molar-refractivity contribution in [3.63, 3.8) is 0 Å². The maximum absolute atomic E-state index is 12.4. The van der Waals surface area contributed by atoms with Crippen molar-refractivity contribution in [3.8, 4) is 5.75 Å². The zero-order valence-corrected chi connectivity index (χ0v) is 16.6. The number of hydrogen-bond acceptors (Lipinski definition) is 5. The number of aromatic hydroxyl groups is 1. The Hall–Kier alpha value is -2.70. The number of hydrogen-bond donors (Lipinski definition) is 4. The number of carbonyl (C=O) groups excluding carboxylic acids is 1. The molecule has 0 aliphatic carbocycles. The predicted molar refractivity (Wildman–Crippen MR) is 111 cm³/mol. The number of hydrazine groups is 1. The van der Waals surface area contributed by atoms with Crippen LogP contribution in [0.4, 0.5) is 0 Å². The van der Waals surface area contributed by atoms with E-state index in [1.54, 1.807) is 24.3 Å². The maximum atomic E-state index is 12.4. The molecule has 6 nitrogen and oxygen atoms in total. The zero-order valence-electron chi connectivity index (χ0n) is 16.6. The van der Waals surface area contributed by atoms with Crippen LogP contribution >= 0.6 is 0 Å². The molecule has 1 amide bonds. The molecular formula is C22H28N4O2. The van der Waals surface area contributed by atoms with Crippen molar-refractivity contribution in [3.05, 3.63) is 65.2 Å². The third-order valence-electron chi connectivity index (χ3n) is 4.86. The molecular weight excluding hydrogens is 352 g/mol. The molecule has 1 heterocycles. The standard InChI is InChI=1S/C22H28N4O2/c1-14(2)12-16-4-6-18(7-5-16)20-13-21(25-24-20)22(28)26-23-15(3)17-8-10-19(27)11-9-17/h4-11,14,20-21,24-25,27H,12-13H2,1-3H3,(H,26,28)/b23-15+. The molecule has 0 saturated carbocycles. The van der Waals surface area contributed by atoms with Crippen LogP contribution in [0.3, 0.4) is 0 Å². The monoisotopic (exact) mass is 380 g/mol. The lowest BCUT2D eigenvalue weighted by atomic mass is 9.97. The molecule has 0 spiro atoms. The van der Waals surface area contributed by atoms with Crippen LogP contribution in [0, 0.1) is 5.92 Å². The second kappa shape index (κ2) is 8.99. The molecule has 3 rings (SSSR count). The molecule has 2 aromatic rings. The van der Waals surface area contributed by atoms with Crippen LogP contribution in [0.15, 0.2) is 53.6 Å². The largest absolute Gasteiger partial charge is 0.508 e. The maximum Gasteiger partial charge on any atom is 0.258 e. The molecule has 1 aliphatic rings. The van der Waals surface area contributed by atoms with Gasteiger partial charge in [-0.05, 0) is 66.6 Å². The number of carbonyl (C=O) groups is 1. The molecule has 0 radical (unpaired) electrons. The van der Waals surface area contributed by atoms with Gasteiger partial charge in [-0.15, -0.1) is 0 Å². The van der Waals surface area contributed by atoms with Crippen LogP contribution in [-0.2, 0) is 11.2 Å². The summed E-state index contributed by atoms with van der Waals surface area (Å²) in [5, 5.41) is 13.5. The minimum Gasteiger partial charge on any atom is -0.508 e. The third kappa shape index (κ3) is 5.18. The smallest absolute Gasteiger partial charge is 0.258 e. The van der Waals surface area contributed by atoms with Gasteiger partial charge < -0.3 is 5.11 Å². The van der Waals surface area contributed by atoms with Crippen LogP contribution in [0.1, 0.15) is 49.9 Å². The lowest BCUT2D eigenvalue weighted by Gasteiger charge is -2.11. The van der Waals surface area contributed by atoms with Gasteiger partial charge in [-0.2, -0.15) is 5.10 Å². The average Bonchev–Trinajstić information content (AvgIpc) is 3.17. The van der Waals surface area contributed by atoms with E-state index in [0.29, 0.717) is 18.1 Å². The Morgan fingerprint density at radius 3 is 2.46 bits per heavy atom. The molecule has 0 aromatic heterocycles. The van der Waals surface area contributed by atoms with Gasteiger partial charge in [0.05, 0.1) is 5.71 Å². The SMILES string of the molecule is C/C(=N\NC(=O)C1CC(c2ccc(CC(C)C)cc2)NN1)c1ccc(O)cc1. The molecule has 4 N–H and O–H groups in total. The summed E-state index contributed by atoms with van der Waals surface area (Å²) >= 11 is 0. The Morgan fingerprint density at radius 1 is 1.14 bits per heavy atom. The molecule has 1 saturated heterocycles. The second-order valence-electron chi connectivity index (χ2n) is 7.69. The molecule has 28 heavy (non-hydrogen) atoms. The van der Waals surface area contributed by atoms with Crippen molar-refractivity contribution < 1.29 is 9.90 Å². The molecule has 2 aromatic carbocycles. The number of nitrogens with zero attached hydrogens (tertiary/aromatic N) is 1. The van der Waals surface area contributed by atoms with Crippen LogP contribution in [0.25, 0.3) is 0 Å². The van der Waals surface area contributed by atoms with Crippen molar-refractivity contribution in [2.45, 2.75) is 45.7 Å². The number of phenols is 1. The summed E-state index contributed by atoms with van der Waals surface area (Å²) in [6.07, 6.45) is 1.73. The van der Waals surface area contributed by atoms with Crippen molar-refractivity contribution in [1.29, 1.82) is 0 Å². The summed E-state index contributed by atoms with van der Waals surface area (Å²) in [4.78, 5) is 12.4. The average molecular weight is 380 g/mol. The second-order valence-corrected chi connectivity index (χ2v) is 7.69. The summed E-state index contributed by atoms with van der Waals surface area (Å²) in [6.45, 7) is 6.24. The predicted octanol–water partition coefficient (Wildman–Crippen LogP) is 3.04. The van der Waals surface area contributed by atoms with Crippen molar-refractivity contribution in [1.82, 2.24) is 16.3 Å². The fraction of sp³-hybridized carbons (Fsp3) is 0.364. The van der Waals surface area contributed by atoms with Gasteiger partial charge in [-0.25, -0.2) is 16.3 Å². The molecule has 6 heteroatoms. The Kier molecular flexibility index (Phi) is 6.44. The van der Waals surface area contributed by atoms with Gasteiger partial charge in [0.2, 0.25) is 0 Å². The number of hydrazone groups is 1. The fourth-order valence-corrected chi connectivity index (χ4v) is 3.29. The summed E-state index contributed by atoms with van der Waals surface area (Å²) in [5.41, 5.74) is 12.9. The topological polar surface area (TPSA) is 85.8 Å². The van der Waals surface area contributed by atoms with E-state index < -0.39 is 0 Å². The number of amides is 1. The highest BCUT2D eigenvalue weighted by atomic mass is 16.3. The van der Waals surface area contributed by atoms with E-state index in [1.807, 2.05) is 6.92 Å². The summed E-state index contributed by atoms with van der Waals surface area (Å²) in [6, 6.07) is 15.0. The van der Waals surface area contributed by atoms with E-state index in [4.69, 9.17) is 0 Å². The lowest BCUT2D eigenvalue weighted by Crippen LogP contribution is -2.41.